The number of piperazine rings is 1. The van der Waals surface area contributed by atoms with Crippen molar-refractivity contribution >= 4 is 35.8 Å². The van der Waals surface area contributed by atoms with Gasteiger partial charge in [-0.15, -0.1) is 0 Å². The molecule has 10 atom stereocenters. The van der Waals surface area contributed by atoms with Gasteiger partial charge in [-0.2, -0.15) is 0 Å². The second-order valence-electron chi connectivity index (χ2n) is 18.2. The van der Waals surface area contributed by atoms with Crippen molar-refractivity contribution in [1.29, 1.82) is 0 Å². The number of ether oxygens (including phenoxy) is 4. The van der Waals surface area contributed by atoms with Crippen molar-refractivity contribution in [1.82, 2.24) is 20.0 Å². The lowest BCUT2D eigenvalue weighted by molar-refractivity contribution is -0.168. The Hall–Kier alpha value is -4.42. The number of carbonyl (C=O) groups is 6. The number of esters is 2. The summed E-state index contributed by atoms with van der Waals surface area (Å²) in [5.74, 6) is -2.42. The van der Waals surface area contributed by atoms with Gasteiger partial charge in [0.15, 0.2) is 6.10 Å². The molecule has 4 rings (SSSR count). The molecule has 0 aromatic rings. The number of epoxide rings is 1. The monoisotopic (exact) mass is 901 g/mol. The van der Waals surface area contributed by atoms with Crippen LogP contribution in [0.3, 0.4) is 0 Å². The fourth-order valence-corrected chi connectivity index (χ4v) is 8.39. The average molecular weight is 901 g/mol. The smallest absolute Gasteiger partial charge is 0.410 e. The predicted octanol–water partition coefficient (Wildman–Crippen LogP) is 3.50. The zero-order valence-corrected chi connectivity index (χ0v) is 38.7. The highest BCUT2D eigenvalue weighted by molar-refractivity contribution is 6.12. The SMILES string of the molecule is CC[C@H](O)[C@@H](C)[C@H]1O[C@@H]1C[C@@](C)(O)/C=C/C=C(\C)[C@H]1OC(=O)C[C@H](O)CC[C@@](C)(OC(C)=O)[C@@H](OC(=O)N2CCN(CCNC(=O)CCCCCN3C(=O)C=CC3=O)CC2)/C=C\[C@@H]1C. The van der Waals surface area contributed by atoms with E-state index in [0.717, 1.165) is 0 Å². The van der Waals surface area contributed by atoms with Crippen molar-refractivity contribution in [2.75, 3.05) is 45.8 Å². The summed E-state index contributed by atoms with van der Waals surface area (Å²) in [7, 11) is 0. The number of rotatable bonds is 19. The van der Waals surface area contributed by atoms with Gasteiger partial charge in [0.1, 0.15) is 11.7 Å². The van der Waals surface area contributed by atoms with Crippen molar-refractivity contribution in [2.24, 2.45) is 11.8 Å². The number of hydrogen-bond donors (Lipinski definition) is 4. The summed E-state index contributed by atoms with van der Waals surface area (Å²) >= 11 is 0. The second kappa shape index (κ2) is 24.2. The number of hydrogen-bond acceptors (Lipinski definition) is 14. The lowest BCUT2D eigenvalue weighted by Gasteiger charge is -2.39. The summed E-state index contributed by atoms with van der Waals surface area (Å²) in [6, 6.07) is 0. The fraction of sp³-hybridized carbons (Fsp3) is 0.702. The van der Waals surface area contributed by atoms with Gasteiger partial charge in [-0.05, 0) is 64.5 Å². The Morgan fingerprint density at radius 3 is 2.39 bits per heavy atom. The highest BCUT2D eigenvalue weighted by Gasteiger charge is 2.47. The Kier molecular flexibility index (Phi) is 19.7. The third kappa shape index (κ3) is 16.2. The van der Waals surface area contributed by atoms with E-state index >= 15 is 0 Å². The van der Waals surface area contributed by atoms with Crippen LogP contribution in [0.15, 0.2) is 48.1 Å². The van der Waals surface area contributed by atoms with Crippen LogP contribution in [0.1, 0.15) is 106 Å². The molecule has 17 heteroatoms. The standard InChI is InChI=1S/C47H72N4O13/c1-8-36(54)33(4)44-37(61-44)30-46(6,60)20-12-13-31(2)43-32(3)15-16-38(47(7,64-34(5)52)21-19-35(53)29-42(58)63-43)62-45(59)50-27-25-49(26-28-50)24-22-48-39(55)14-10-9-11-23-51-40(56)17-18-41(51)57/h12-13,15-18,20,32-33,35-38,43-44,53-54,60H,8-11,14,19,21-30H2,1-7H3,(H,48,55)/b16-15-,20-12+,31-13+/t32-,33+,35+,36-,37+,38-,43+,44+,46-,47+/m0/s1. The van der Waals surface area contributed by atoms with Gasteiger partial charge < -0.3 is 44.5 Å². The lowest BCUT2D eigenvalue weighted by atomic mass is 9.88. The van der Waals surface area contributed by atoms with Gasteiger partial charge in [0.2, 0.25) is 5.91 Å². The largest absolute Gasteiger partial charge is 0.457 e. The molecule has 4 aliphatic heterocycles. The molecule has 0 saturated carbocycles. The van der Waals surface area contributed by atoms with Crippen LogP contribution < -0.4 is 5.32 Å². The minimum atomic E-state index is -1.39. The van der Waals surface area contributed by atoms with Gasteiger partial charge in [0.25, 0.3) is 11.8 Å². The number of amides is 4. The Bertz CT molecular complexity index is 1740. The number of aliphatic hydroxyl groups is 3. The van der Waals surface area contributed by atoms with Crippen molar-refractivity contribution < 1.29 is 63.0 Å². The van der Waals surface area contributed by atoms with Crippen LogP contribution in [-0.2, 0) is 42.9 Å². The van der Waals surface area contributed by atoms with Crippen LogP contribution in [0.2, 0.25) is 0 Å². The number of allylic oxidation sites excluding steroid dienone is 2. The molecule has 64 heavy (non-hydrogen) atoms. The van der Waals surface area contributed by atoms with Gasteiger partial charge in [-0.25, -0.2) is 4.79 Å². The Labute approximate surface area is 377 Å². The minimum absolute atomic E-state index is 0.0468. The maximum atomic E-state index is 13.7. The average Bonchev–Trinajstić information content (AvgIpc) is 3.92. The molecule has 0 bridgehead atoms. The van der Waals surface area contributed by atoms with Gasteiger partial charge in [-0.3, -0.25) is 33.8 Å². The van der Waals surface area contributed by atoms with Gasteiger partial charge >= 0.3 is 18.0 Å². The molecule has 4 N–H and O–H groups in total. The maximum absolute atomic E-state index is 13.7. The van der Waals surface area contributed by atoms with E-state index in [9.17, 15) is 44.1 Å². The molecular weight excluding hydrogens is 829 g/mol. The molecule has 0 aliphatic carbocycles. The molecule has 4 aliphatic rings. The zero-order valence-electron chi connectivity index (χ0n) is 38.7. The minimum Gasteiger partial charge on any atom is -0.457 e. The number of nitrogens with one attached hydrogen (secondary N) is 1. The maximum Gasteiger partial charge on any atom is 0.410 e. The van der Waals surface area contributed by atoms with E-state index in [0.29, 0.717) is 89.9 Å². The van der Waals surface area contributed by atoms with Crippen LogP contribution in [0.4, 0.5) is 4.79 Å². The first-order valence-electron chi connectivity index (χ1n) is 22.9. The first-order chi connectivity index (χ1) is 30.2. The van der Waals surface area contributed by atoms with Crippen LogP contribution in [-0.4, -0.2) is 159 Å². The molecule has 17 nitrogen and oxygen atoms in total. The molecule has 0 radical (unpaired) electrons. The van der Waals surface area contributed by atoms with Crippen molar-refractivity contribution in [3.63, 3.8) is 0 Å². The number of aliphatic hydroxyl groups excluding tert-OH is 2. The molecule has 4 heterocycles. The number of unbranched alkanes of at least 4 members (excludes halogenated alkanes) is 2. The molecule has 2 saturated heterocycles. The molecular formula is C47H72N4O13. The molecule has 0 spiro atoms. The fourth-order valence-electron chi connectivity index (χ4n) is 8.39. The van der Waals surface area contributed by atoms with E-state index in [4.69, 9.17) is 18.9 Å². The number of imide groups is 1. The highest BCUT2D eigenvalue weighted by atomic mass is 16.6. The first-order valence-corrected chi connectivity index (χ1v) is 22.9. The number of nitrogens with zero attached hydrogens (tertiary/aromatic N) is 3. The number of cyclic esters (lactones) is 1. The van der Waals surface area contributed by atoms with Crippen molar-refractivity contribution in [3.8, 4) is 0 Å². The van der Waals surface area contributed by atoms with Crippen molar-refractivity contribution in [3.05, 3.63) is 48.1 Å². The summed E-state index contributed by atoms with van der Waals surface area (Å²) < 4.78 is 23.6. The van der Waals surface area contributed by atoms with E-state index < -0.39 is 59.6 Å². The van der Waals surface area contributed by atoms with E-state index in [1.807, 2.05) is 20.8 Å². The zero-order chi connectivity index (χ0) is 47.2. The molecule has 4 amide bonds. The van der Waals surface area contributed by atoms with Crippen molar-refractivity contribution in [2.45, 2.75) is 154 Å². The third-order valence-corrected chi connectivity index (χ3v) is 12.5. The summed E-state index contributed by atoms with van der Waals surface area (Å²) in [4.78, 5) is 80.0. The van der Waals surface area contributed by atoms with Gasteiger partial charge in [0, 0.05) is 89.6 Å². The molecule has 2 fully saturated rings. The third-order valence-electron chi connectivity index (χ3n) is 12.5. The quantitative estimate of drug-likeness (QED) is 0.0277. The van der Waals surface area contributed by atoms with Crippen LogP contribution in [0.5, 0.6) is 0 Å². The molecule has 358 valence electrons. The lowest BCUT2D eigenvalue weighted by Crippen LogP contribution is -2.53. The highest BCUT2D eigenvalue weighted by Crippen LogP contribution is 2.38. The summed E-state index contributed by atoms with van der Waals surface area (Å²) in [5.41, 5.74) is -1.95. The molecule has 0 unspecified atom stereocenters. The van der Waals surface area contributed by atoms with Crippen LogP contribution in [0, 0.1) is 11.8 Å². The topological polar surface area (TPSA) is 225 Å². The number of carbonyl (C=O) groups excluding carboxylic acids is 6. The Morgan fingerprint density at radius 2 is 1.73 bits per heavy atom. The second-order valence-corrected chi connectivity index (χ2v) is 18.2. The Morgan fingerprint density at radius 1 is 1.05 bits per heavy atom. The van der Waals surface area contributed by atoms with Gasteiger partial charge in [0.05, 0.1) is 36.4 Å². The van der Waals surface area contributed by atoms with E-state index in [1.165, 1.54) is 24.0 Å². The summed E-state index contributed by atoms with van der Waals surface area (Å²) in [6.07, 6.45) is 9.72. The van der Waals surface area contributed by atoms with E-state index in [2.05, 4.69) is 10.2 Å². The predicted molar refractivity (Wildman–Crippen MR) is 236 cm³/mol. The first kappa shape index (κ1) is 52.2. The van der Waals surface area contributed by atoms with Crippen LogP contribution >= 0.6 is 0 Å². The van der Waals surface area contributed by atoms with E-state index in [1.54, 1.807) is 56.1 Å². The summed E-state index contributed by atoms with van der Waals surface area (Å²) in [6.45, 7) is 15.2. The van der Waals surface area contributed by atoms with Gasteiger partial charge in [-0.1, -0.05) is 51.5 Å². The molecule has 0 aromatic heterocycles. The normalized spacial score (nSPS) is 29.6. The van der Waals surface area contributed by atoms with E-state index in [-0.39, 0.29) is 55.1 Å². The Balaban J connectivity index is 1.33. The molecule has 0 aromatic carbocycles. The summed E-state index contributed by atoms with van der Waals surface area (Å²) in [5, 5.41) is 35.2. The van der Waals surface area contributed by atoms with Crippen LogP contribution in [0.25, 0.3) is 0 Å².